The second-order valence-electron chi connectivity index (χ2n) is 6.46. The van der Waals surface area contributed by atoms with Crippen LogP contribution in [0.25, 0.3) is 0 Å². The maximum Gasteiger partial charge on any atom is 0.272 e. The summed E-state index contributed by atoms with van der Waals surface area (Å²) in [6, 6.07) is 8.51. The molecule has 0 fully saturated rings. The lowest BCUT2D eigenvalue weighted by atomic mass is 10.0. The molecule has 0 aliphatic rings. The molecule has 1 aromatic heterocycles. The Bertz CT molecular complexity index is 707. The second kappa shape index (κ2) is 9.62. The zero-order valence-corrected chi connectivity index (χ0v) is 14.9. The van der Waals surface area contributed by atoms with E-state index in [0.29, 0.717) is 12.8 Å². The van der Waals surface area contributed by atoms with Gasteiger partial charge in [-0.05, 0) is 17.9 Å². The Kier molecular flexibility index (Phi) is 7.23. The number of amides is 2. The lowest BCUT2D eigenvalue weighted by Gasteiger charge is -2.21. The SMILES string of the molecule is CC(C)C[C@@H](O)NC(=O)[C@H](Cc1ccccc1)NC(=O)c1cnccn1. The van der Waals surface area contributed by atoms with E-state index in [9.17, 15) is 14.7 Å². The van der Waals surface area contributed by atoms with Crippen molar-refractivity contribution in [1.82, 2.24) is 20.6 Å². The molecule has 7 heteroatoms. The lowest BCUT2D eigenvalue weighted by Crippen LogP contribution is -2.51. The van der Waals surface area contributed by atoms with Gasteiger partial charge in [-0.2, -0.15) is 0 Å². The summed E-state index contributed by atoms with van der Waals surface area (Å²) in [6.45, 7) is 3.90. The number of benzene rings is 1. The topological polar surface area (TPSA) is 104 Å². The van der Waals surface area contributed by atoms with Crippen molar-refractivity contribution in [1.29, 1.82) is 0 Å². The number of nitrogens with zero attached hydrogens (tertiary/aromatic N) is 2. The van der Waals surface area contributed by atoms with Crippen LogP contribution in [0.2, 0.25) is 0 Å². The molecular weight excluding hydrogens is 332 g/mol. The zero-order chi connectivity index (χ0) is 18.9. The van der Waals surface area contributed by atoms with Crippen molar-refractivity contribution >= 4 is 11.8 Å². The van der Waals surface area contributed by atoms with Crippen LogP contribution < -0.4 is 10.6 Å². The van der Waals surface area contributed by atoms with Crippen LogP contribution in [0.4, 0.5) is 0 Å². The van der Waals surface area contributed by atoms with E-state index in [4.69, 9.17) is 0 Å². The number of aliphatic hydroxyl groups excluding tert-OH is 1. The van der Waals surface area contributed by atoms with Gasteiger partial charge in [-0.25, -0.2) is 4.98 Å². The van der Waals surface area contributed by atoms with E-state index in [2.05, 4.69) is 20.6 Å². The smallest absolute Gasteiger partial charge is 0.272 e. The molecule has 1 aromatic carbocycles. The molecule has 0 aliphatic carbocycles. The lowest BCUT2D eigenvalue weighted by molar-refractivity contribution is -0.126. The van der Waals surface area contributed by atoms with Gasteiger partial charge in [0.15, 0.2) is 0 Å². The van der Waals surface area contributed by atoms with Crippen LogP contribution in [0, 0.1) is 5.92 Å². The summed E-state index contributed by atoms with van der Waals surface area (Å²) >= 11 is 0. The first kappa shape index (κ1) is 19.5. The summed E-state index contributed by atoms with van der Waals surface area (Å²) in [5, 5.41) is 15.2. The van der Waals surface area contributed by atoms with Gasteiger partial charge in [-0.1, -0.05) is 44.2 Å². The van der Waals surface area contributed by atoms with E-state index < -0.39 is 24.1 Å². The Balaban J connectivity index is 2.10. The van der Waals surface area contributed by atoms with E-state index in [1.54, 1.807) is 0 Å². The molecule has 2 rings (SSSR count). The van der Waals surface area contributed by atoms with Gasteiger partial charge in [-0.3, -0.25) is 14.6 Å². The van der Waals surface area contributed by atoms with Crippen LogP contribution in [-0.4, -0.2) is 39.2 Å². The van der Waals surface area contributed by atoms with Crippen molar-refractivity contribution in [2.24, 2.45) is 5.92 Å². The third kappa shape index (κ3) is 6.25. The minimum absolute atomic E-state index is 0.126. The van der Waals surface area contributed by atoms with Gasteiger partial charge in [0.2, 0.25) is 5.91 Å². The number of carbonyl (C=O) groups excluding carboxylic acids is 2. The average molecular weight is 356 g/mol. The van der Waals surface area contributed by atoms with Crippen molar-refractivity contribution in [3.8, 4) is 0 Å². The monoisotopic (exact) mass is 356 g/mol. The zero-order valence-electron chi connectivity index (χ0n) is 14.9. The largest absolute Gasteiger partial charge is 0.374 e. The third-order valence-electron chi connectivity index (χ3n) is 3.70. The normalized spacial score (nSPS) is 13.1. The molecule has 0 aliphatic heterocycles. The molecule has 0 radical (unpaired) electrons. The van der Waals surface area contributed by atoms with Crippen LogP contribution in [0.1, 0.15) is 36.3 Å². The number of aromatic nitrogens is 2. The minimum atomic E-state index is -0.964. The number of hydrogen-bond donors (Lipinski definition) is 3. The second-order valence-corrected chi connectivity index (χ2v) is 6.46. The fourth-order valence-electron chi connectivity index (χ4n) is 2.48. The number of rotatable bonds is 8. The molecule has 2 aromatic rings. The number of carbonyl (C=O) groups is 2. The standard InChI is InChI=1S/C19H24N4O3/c1-13(2)10-17(24)23-18(25)15(11-14-6-4-3-5-7-14)22-19(26)16-12-20-8-9-21-16/h3-9,12-13,15,17,24H,10-11H2,1-2H3,(H,22,26)(H,23,25)/t15-,17+/m0/s1. The summed E-state index contributed by atoms with van der Waals surface area (Å²) in [5.41, 5.74) is 1.02. The van der Waals surface area contributed by atoms with Crippen molar-refractivity contribution in [2.45, 2.75) is 39.0 Å². The molecule has 0 bridgehead atoms. The van der Waals surface area contributed by atoms with Gasteiger partial charge >= 0.3 is 0 Å². The van der Waals surface area contributed by atoms with Gasteiger partial charge in [0.1, 0.15) is 18.0 Å². The number of nitrogens with one attached hydrogen (secondary N) is 2. The Morgan fingerprint density at radius 1 is 1.12 bits per heavy atom. The highest BCUT2D eigenvalue weighted by Crippen LogP contribution is 2.07. The molecule has 0 saturated carbocycles. The molecular formula is C19H24N4O3. The van der Waals surface area contributed by atoms with E-state index in [0.717, 1.165) is 5.56 Å². The summed E-state index contributed by atoms with van der Waals surface area (Å²) in [7, 11) is 0. The van der Waals surface area contributed by atoms with E-state index in [-0.39, 0.29) is 11.6 Å². The molecule has 26 heavy (non-hydrogen) atoms. The fraction of sp³-hybridized carbons (Fsp3) is 0.368. The molecule has 1 heterocycles. The van der Waals surface area contributed by atoms with Crippen molar-refractivity contribution in [3.63, 3.8) is 0 Å². The van der Waals surface area contributed by atoms with Gasteiger partial charge in [-0.15, -0.1) is 0 Å². The molecule has 7 nitrogen and oxygen atoms in total. The molecule has 138 valence electrons. The van der Waals surface area contributed by atoms with Crippen molar-refractivity contribution in [2.75, 3.05) is 0 Å². The van der Waals surface area contributed by atoms with Crippen LogP contribution >= 0.6 is 0 Å². The van der Waals surface area contributed by atoms with E-state index in [1.165, 1.54) is 18.6 Å². The molecule has 0 saturated heterocycles. The van der Waals surface area contributed by atoms with Crippen LogP contribution in [-0.2, 0) is 11.2 Å². The number of aliphatic hydroxyl groups is 1. The Morgan fingerprint density at radius 2 is 1.85 bits per heavy atom. The first-order valence-corrected chi connectivity index (χ1v) is 8.55. The average Bonchev–Trinajstić information content (AvgIpc) is 2.62. The minimum Gasteiger partial charge on any atom is -0.374 e. The molecule has 0 spiro atoms. The summed E-state index contributed by atoms with van der Waals surface area (Å²) in [6.07, 6.45) is 3.98. The van der Waals surface area contributed by atoms with Crippen LogP contribution in [0.5, 0.6) is 0 Å². The summed E-state index contributed by atoms with van der Waals surface area (Å²) in [5.74, 6) is -0.709. The molecule has 2 atom stereocenters. The first-order valence-electron chi connectivity index (χ1n) is 8.55. The van der Waals surface area contributed by atoms with Crippen molar-refractivity contribution in [3.05, 3.63) is 60.2 Å². The predicted molar refractivity (Wildman–Crippen MR) is 97.0 cm³/mol. The van der Waals surface area contributed by atoms with Gasteiger partial charge < -0.3 is 15.7 Å². The van der Waals surface area contributed by atoms with Gasteiger partial charge in [0, 0.05) is 18.8 Å². The maximum atomic E-state index is 12.6. The van der Waals surface area contributed by atoms with Gasteiger partial charge in [0.05, 0.1) is 6.20 Å². The summed E-state index contributed by atoms with van der Waals surface area (Å²) < 4.78 is 0. The molecule has 0 unspecified atom stereocenters. The van der Waals surface area contributed by atoms with E-state index in [1.807, 2.05) is 44.2 Å². The third-order valence-corrected chi connectivity index (χ3v) is 3.70. The highest BCUT2D eigenvalue weighted by atomic mass is 16.3. The fourth-order valence-corrected chi connectivity index (χ4v) is 2.48. The maximum absolute atomic E-state index is 12.6. The Hall–Kier alpha value is -2.80. The molecule has 2 amide bonds. The van der Waals surface area contributed by atoms with Gasteiger partial charge in [0.25, 0.3) is 5.91 Å². The van der Waals surface area contributed by atoms with Crippen LogP contribution in [0.15, 0.2) is 48.9 Å². The quantitative estimate of drug-likeness (QED) is 0.619. The van der Waals surface area contributed by atoms with Crippen molar-refractivity contribution < 1.29 is 14.7 Å². The number of hydrogen-bond acceptors (Lipinski definition) is 5. The highest BCUT2D eigenvalue weighted by Gasteiger charge is 2.24. The Morgan fingerprint density at radius 3 is 2.46 bits per heavy atom. The highest BCUT2D eigenvalue weighted by molar-refractivity contribution is 5.96. The molecule has 3 N–H and O–H groups in total. The Labute approximate surface area is 152 Å². The predicted octanol–water partition coefficient (Wildman–Crippen LogP) is 1.30. The van der Waals surface area contributed by atoms with E-state index >= 15 is 0 Å². The first-order chi connectivity index (χ1) is 12.5. The van der Waals surface area contributed by atoms with Crippen LogP contribution in [0.3, 0.4) is 0 Å². The summed E-state index contributed by atoms with van der Waals surface area (Å²) in [4.78, 5) is 32.7.